The van der Waals surface area contributed by atoms with Gasteiger partial charge in [-0.25, -0.2) is 0 Å². The number of nitrogens with one attached hydrogen (secondary N) is 1. The number of amides is 3. The number of ether oxygens (including phenoxy) is 2. The smallest absolute Gasteiger partial charge is 0.255 e. The molecule has 4 atom stereocenters. The van der Waals surface area contributed by atoms with E-state index in [1.54, 1.807) is 18.1 Å². The Kier molecular flexibility index (Phi) is 5.44. The zero-order valence-corrected chi connectivity index (χ0v) is 17.8. The van der Waals surface area contributed by atoms with Gasteiger partial charge in [-0.3, -0.25) is 24.6 Å². The summed E-state index contributed by atoms with van der Waals surface area (Å²) in [5, 5.41) is 2.34. The second kappa shape index (κ2) is 8.24. The van der Waals surface area contributed by atoms with Gasteiger partial charge in [0, 0.05) is 44.8 Å². The van der Waals surface area contributed by atoms with Crippen molar-refractivity contribution in [3.63, 3.8) is 0 Å². The highest BCUT2D eigenvalue weighted by Crippen LogP contribution is 2.34. The number of piperidine rings is 1. The van der Waals surface area contributed by atoms with Crippen LogP contribution in [0.5, 0.6) is 5.75 Å². The Morgan fingerprint density at radius 1 is 1.10 bits per heavy atom. The van der Waals surface area contributed by atoms with Gasteiger partial charge in [-0.1, -0.05) is 0 Å². The van der Waals surface area contributed by atoms with Gasteiger partial charge < -0.3 is 14.4 Å². The monoisotopic (exact) mass is 427 g/mol. The quantitative estimate of drug-likeness (QED) is 0.716. The van der Waals surface area contributed by atoms with Crippen molar-refractivity contribution in [2.45, 2.75) is 69.4 Å². The molecule has 4 aliphatic rings. The first kappa shape index (κ1) is 20.5. The van der Waals surface area contributed by atoms with Crippen LogP contribution in [0, 0.1) is 0 Å². The van der Waals surface area contributed by atoms with Gasteiger partial charge >= 0.3 is 0 Å². The van der Waals surface area contributed by atoms with Crippen LogP contribution >= 0.6 is 0 Å². The van der Waals surface area contributed by atoms with E-state index in [4.69, 9.17) is 9.47 Å². The lowest BCUT2D eigenvalue weighted by molar-refractivity contribution is -0.136. The average molecular weight is 428 g/mol. The van der Waals surface area contributed by atoms with Crippen molar-refractivity contribution in [1.29, 1.82) is 0 Å². The minimum Gasteiger partial charge on any atom is -0.489 e. The summed E-state index contributed by atoms with van der Waals surface area (Å²) < 4.78 is 11.9. The fourth-order valence-corrected chi connectivity index (χ4v) is 5.51. The van der Waals surface area contributed by atoms with Crippen LogP contribution in [-0.2, 0) is 20.9 Å². The van der Waals surface area contributed by atoms with Gasteiger partial charge in [-0.15, -0.1) is 0 Å². The molecule has 0 aromatic heterocycles. The highest BCUT2D eigenvalue weighted by Gasteiger charge is 2.40. The van der Waals surface area contributed by atoms with Gasteiger partial charge in [0.2, 0.25) is 11.8 Å². The molecule has 8 nitrogen and oxygen atoms in total. The normalized spacial score (nSPS) is 31.3. The SMILES string of the molecule is CO[C@@H]1CCN([C@@H]2CCC[C@@H]2Oc2ccc3c(c2)CN(C2CCC(=O)NC2=O)C3=O)C1. The predicted octanol–water partition coefficient (Wildman–Crippen LogP) is 1.47. The third-order valence-electron chi connectivity index (χ3n) is 7.18. The van der Waals surface area contributed by atoms with E-state index in [9.17, 15) is 14.4 Å². The summed E-state index contributed by atoms with van der Waals surface area (Å²) in [6.07, 6.45) is 5.45. The van der Waals surface area contributed by atoms with Crippen LogP contribution < -0.4 is 10.1 Å². The number of fused-ring (bicyclic) bond motifs is 1. The van der Waals surface area contributed by atoms with E-state index in [-0.39, 0.29) is 30.2 Å². The average Bonchev–Trinajstić information content (AvgIpc) is 3.47. The van der Waals surface area contributed by atoms with Crippen LogP contribution in [0.3, 0.4) is 0 Å². The molecule has 3 amide bonds. The number of hydrogen-bond acceptors (Lipinski definition) is 6. The van der Waals surface area contributed by atoms with Gasteiger partial charge in [0.25, 0.3) is 5.91 Å². The van der Waals surface area contributed by atoms with Crippen molar-refractivity contribution in [3.05, 3.63) is 29.3 Å². The van der Waals surface area contributed by atoms with Crippen LogP contribution in [0.2, 0.25) is 0 Å². The number of rotatable bonds is 5. The lowest BCUT2D eigenvalue weighted by atomic mass is 10.0. The van der Waals surface area contributed by atoms with Gasteiger partial charge in [0.05, 0.1) is 6.10 Å². The number of carbonyl (C=O) groups is 3. The molecule has 0 spiro atoms. The summed E-state index contributed by atoms with van der Waals surface area (Å²) >= 11 is 0. The summed E-state index contributed by atoms with van der Waals surface area (Å²) in [6, 6.07) is 5.41. The second-order valence-electron chi connectivity index (χ2n) is 9.01. The van der Waals surface area contributed by atoms with Gasteiger partial charge in [-0.05, 0) is 55.9 Å². The Labute approximate surface area is 181 Å². The maximum absolute atomic E-state index is 12.9. The lowest BCUT2D eigenvalue weighted by Gasteiger charge is -2.30. The molecule has 3 aliphatic heterocycles. The molecule has 3 heterocycles. The van der Waals surface area contributed by atoms with Crippen molar-refractivity contribution in [2.75, 3.05) is 20.2 Å². The van der Waals surface area contributed by atoms with Crippen LogP contribution in [-0.4, -0.2) is 72.0 Å². The van der Waals surface area contributed by atoms with Gasteiger partial charge in [0.1, 0.15) is 17.9 Å². The largest absolute Gasteiger partial charge is 0.489 e. The van der Waals surface area contributed by atoms with Crippen molar-refractivity contribution in [3.8, 4) is 5.75 Å². The van der Waals surface area contributed by atoms with Crippen LogP contribution in [0.4, 0.5) is 0 Å². The van der Waals surface area contributed by atoms with Crippen molar-refractivity contribution >= 4 is 17.7 Å². The van der Waals surface area contributed by atoms with E-state index in [0.717, 1.165) is 50.1 Å². The molecule has 1 aromatic carbocycles. The molecule has 1 N–H and O–H groups in total. The fraction of sp³-hybridized carbons (Fsp3) is 0.609. The number of hydrogen-bond donors (Lipinski definition) is 1. The first-order valence-corrected chi connectivity index (χ1v) is 11.2. The van der Waals surface area contributed by atoms with E-state index < -0.39 is 6.04 Å². The van der Waals surface area contributed by atoms with Crippen LogP contribution in [0.1, 0.15) is 54.4 Å². The molecular weight excluding hydrogens is 398 g/mol. The summed E-state index contributed by atoms with van der Waals surface area (Å²) in [7, 11) is 1.78. The number of benzene rings is 1. The molecule has 31 heavy (non-hydrogen) atoms. The van der Waals surface area contributed by atoms with Gasteiger partial charge in [0.15, 0.2) is 0 Å². The van der Waals surface area contributed by atoms with E-state index in [1.807, 2.05) is 12.1 Å². The standard InChI is InChI=1S/C23H29N3O5/c1-30-16-9-10-25(13-16)18-3-2-4-20(18)31-15-5-6-17-14(11-15)12-26(23(17)29)19-7-8-21(27)24-22(19)28/h5-6,11,16,18-20H,2-4,7-10,12-13H2,1H3,(H,24,27,28)/t16-,18-,19?,20+/m1/s1. The molecule has 3 fully saturated rings. The van der Waals surface area contributed by atoms with E-state index in [0.29, 0.717) is 30.7 Å². The first-order chi connectivity index (χ1) is 15.0. The van der Waals surface area contributed by atoms with Crippen molar-refractivity contribution in [1.82, 2.24) is 15.1 Å². The molecule has 2 saturated heterocycles. The predicted molar refractivity (Wildman–Crippen MR) is 112 cm³/mol. The molecule has 1 aromatic rings. The van der Waals surface area contributed by atoms with E-state index in [2.05, 4.69) is 10.2 Å². The Morgan fingerprint density at radius 3 is 2.74 bits per heavy atom. The highest BCUT2D eigenvalue weighted by atomic mass is 16.5. The summed E-state index contributed by atoms with van der Waals surface area (Å²) in [5.74, 6) is -0.0433. The number of nitrogens with zero attached hydrogens (tertiary/aromatic N) is 2. The first-order valence-electron chi connectivity index (χ1n) is 11.2. The number of carbonyl (C=O) groups excluding carboxylic acids is 3. The summed E-state index contributed by atoms with van der Waals surface area (Å²) in [5.41, 5.74) is 1.49. The molecule has 1 aliphatic carbocycles. The maximum Gasteiger partial charge on any atom is 0.255 e. The third-order valence-corrected chi connectivity index (χ3v) is 7.18. The zero-order chi connectivity index (χ0) is 21.5. The Morgan fingerprint density at radius 2 is 1.97 bits per heavy atom. The minimum atomic E-state index is -0.593. The molecule has 0 radical (unpaired) electrons. The second-order valence-corrected chi connectivity index (χ2v) is 9.01. The highest BCUT2D eigenvalue weighted by molar-refractivity contribution is 6.05. The topological polar surface area (TPSA) is 88.2 Å². The van der Waals surface area contributed by atoms with E-state index in [1.165, 1.54) is 0 Å². The molecule has 1 unspecified atom stereocenters. The lowest BCUT2D eigenvalue weighted by Crippen LogP contribution is -2.52. The van der Waals surface area contributed by atoms with Crippen molar-refractivity contribution < 1.29 is 23.9 Å². The van der Waals surface area contributed by atoms with Crippen LogP contribution in [0.25, 0.3) is 0 Å². The Balaban J connectivity index is 1.27. The molecule has 1 saturated carbocycles. The summed E-state index contributed by atoms with van der Waals surface area (Å²) in [6.45, 7) is 2.37. The number of likely N-dealkylation sites (tertiary alicyclic amines) is 1. The Bertz CT molecular complexity index is 903. The zero-order valence-electron chi connectivity index (χ0n) is 17.8. The minimum absolute atomic E-state index is 0.136. The van der Waals surface area contributed by atoms with E-state index >= 15 is 0 Å². The third kappa shape index (κ3) is 3.83. The number of methoxy groups -OCH3 is 1. The molecule has 8 heteroatoms. The molecule has 0 bridgehead atoms. The van der Waals surface area contributed by atoms with Crippen molar-refractivity contribution in [2.24, 2.45) is 0 Å². The summed E-state index contributed by atoms with van der Waals surface area (Å²) in [4.78, 5) is 40.6. The fourth-order valence-electron chi connectivity index (χ4n) is 5.51. The number of imide groups is 1. The molecule has 166 valence electrons. The maximum atomic E-state index is 12.9. The van der Waals surface area contributed by atoms with Crippen LogP contribution in [0.15, 0.2) is 18.2 Å². The van der Waals surface area contributed by atoms with Gasteiger partial charge in [-0.2, -0.15) is 0 Å². The molecular formula is C23H29N3O5. The molecule has 5 rings (SSSR count). The Hall–Kier alpha value is -2.45.